The van der Waals surface area contributed by atoms with Crippen molar-refractivity contribution in [1.29, 1.82) is 0 Å². The topological polar surface area (TPSA) is 55.2 Å². The molecule has 114 valence electrons. The number of para-hydroxylation sites is 2. The molecule has 1 atom stereocenters. The van der Waals surface area contributed by atoms with Crippen LogP contribution in [-0.4, -0.2) is 15.5 Å². The molecule has 1 saturated heterocycles. The maximum Gasteiger partial charge on any atom is 0.261 e. The van der Waals surface area contributed by atoms with Crippen molar-refractivity contribution in [3.63, 3.8) is 0 Å². The highest BCUT2D eigenvalue weighted by Gasteiger charge is 2.40. The lowest BCUT2D eigenvalue weighted by Gasteiger charge is -2.40. The molecule has 2 heterocycles. The highest BCUT2D eigenvalue weighted by molar-refractivity contribution is 6.01. The fourth-order valence-electron chi connectivity index (χ4n) is 3.07. The van der Waals surface area contributed by atoms with Gasteiger partial charge in [-0.1, -0.05) is 30.3 Å². The van der Waals surface area contributed by atoms with Gasteiger partial charge in [0.1, 0.15) is 11.9 Å². The van der Waals surface area contributed by atoms with Gasteiger partial charge in [0.05, 0.1) is 17.3 Å². The molecule has 0 bridgehead atoms. The first-order valence-corrected chi connectivity index (χ1v) is 7.49. The van der Waals surface area contributed by atoms with E-state index in [1.165, 1.54) is 0 Å². The number of carbonyl (C=O) groups is 1. The number of hydrogen-bond donors (Lipinski definition) is 0. The highest BCUT2D eigenvalue weighted by atomic mass is 16.2. The number of amides is 1. The molecular weight excluding hydrogens is 290 g/mol. The summed E-state index contributed by atoms with van der Waals surface area (Å²) in [6.07, 6.45) is 0.369. The van der Waals surface area contributed by atoms with E-state index >= 15 is 0 Å². The molecule has 1 aliphatic rings. The van der Waals surface area contributed by atoms with Crippen molar-refractivity contribution in [2.75, 3.05) is 4.90 Å². The zero-order valence-electron chi connectivity index (χ0n) is 12.6. The van der Waals surface area contributed by atoms with Crippen LogP contribution in [0.15, 0.2) is 59.4 Å². The van der Waals surface area contributed by atoms with Gasteiger partial charge in [0.2, 0.25) is 5.91 Å². The lowest BCUT2D eigenvalue weighted by molar-refractivity contribution is -0.124. The second-order valence-electron chi connectivity index (χ2n) is 5.67. The smallest absolute Gasteiger partial charge is 0.261 e. The minimum absolute atomic E-state index is 0.0450. The Morgan fingerprint density at radius 3 is 2.43 bits per heavy atom. The molecule has 23 heavy (non-hydrogen) atoms. The molecule has 0 spiro atoms. The summed E-state index contributed by atoms with van der Waals surface area (Å²) in [6, 6.07) is 16.6. The van der Waals surface area contributed by atoms with Gasteiger partial charge in [-0.05, 0) is 24.3 Å². The Labute approximate surface area is 132 Å². The van der Waals surface area contributed by atoms with Crippen LogP contribution < -0.4 is 10.5 Å². The van der Waals surface area contributed by atoms with E-state index < -0.39 is 0 Å². The number of rotatable bonds is 2. The Kier molecular flexibility index (Phi) is 3.01. The van der Waals surface area contributed by atoms with E-state index in [-0.39, 0.29) is 17.5 Å². The van der Waals surface area contributed by atoms with Gasteiger partial charge in [-0.3, -0.25) is 14.2 Å². The van der Waals surface area contributed by atoms with Gasteiger partial charge in [0.15, 0.2) is 0 Å². The summed E-state index contributed by atoms with van der Waals surface area (Å²) in [4.78, 5) is 31.0. The van der Waals surface area contributed by atoms with E-state index in [1.807, 2.05) is 48.5 Å². The maximum atomic E-state index is 12.5. The van der Waals surface area contributed by atoms with Gasteiger partial charge in [-0.15, -0.1) is 0 Å². The van der Waals surface area contributed by atoms with Gasteiger partial charge >= 0.3 is 0 Å². The van der Waals surface area contributed by atoms with E-state index in [0.717, 1.165) is 5.69 Å². The van der Waals surface area contributed by atoms with Crippen molar-refractivity contribution >= 4 is 22.5 Å². The molecule has 1 unspecified atom stereocenters. The summed E-state index contributed by atoms with van der Waals surface area (Å²) in [7, 11) is 1.71. The molecule has 1 fully saturated rings. The van der Waals surface area contributed by atoms with Crippen molar-refractivity contribution in [3.8, 4) is 0 Å². The van der Waals surface area contributed by atoms with Gasteiger partial charge < -0.3 is 4.90 Å². The zero-order chi connectivity index (χ0) is 16.0. The minimum Gasteiger partial charge on any atom is -0.301 e. The lowest BCUT2D eigenvalue weighted by atomic mass is 9.99. The van der Waals surface area contributed by atoms with E-state index in [4.69, 9.17) is 0 Å². The monoisotopic (exact) mass is 305 g/mol. The second kappa shape index (κ2) is 5.05. The quantitative estimate of drug-likeness (QED) is 0.683. The predicted molar refractivity (Wildman–Crippen MR) is 88.3 cm³/mol. The molecule has 0 saturated carbocycles. The average Bonchev–Trinajstić information content (AvgIpc) is 2.57. The van der Waals surface area contributed by atoms with E-state index in [2.05, 4.69) is 4.98 Å². The molecule has 0 radical (unpaired) electrons. The summed E-state index contributed by atoms with van der Waals surface area (Å²) in [5.41, 5.74) is 1.41. The minimum atomic E-state index is -0.202. The number of carbonyl (C=O) groups excluding carboxylic acids is 1. The Bertz CT molecular complexity index is 963. The van der Waals surface area contributed by atoms with Gasteiger partial charge in [-0.2, -0.15) is 0 Å². The van der Waals surface area contributed by atoms with Gasteiger partial charge in [0.25, 0.3) is 5.56 Å². The molecule has 1 amide bonds. The standard InChI is InChI=1S/C18H15N3O2/c1-20-17(19-14-10-6-5-9-13(14)18(20)23)15-11-16(22)21(15)12-7-3-2-4-8-12/h2-10,15H,11H2,1H3. The largest absolute Gasteiger partial charge is 0.301 e. The van der Waals surface area contributed by atoms with Crippen molar-refractivity contribution in [3.05, 3.63) is 70.8 Å². The number of hydrogen-bond acceptors (Lipinski definition) is 3. The normalized spacial score (nSPS) is 17.3. The van der Waals surface area contributed by atoms with Crippen LogP contribution in [0, 0.1) is 0 Å². The van der Waals surface area contributed by atoms with Crippen LogP contribution in [-0.2, 0) is 11.8 Å². The predicted octanol–water partition coefficient (Wildman–Crippen LogP) is 2.41. The van der Waals surface area contributed by atoms with Crippen molar-refractivity contribution < 1.29 is 4.79 Å². The SMILES string of the molecule is Cn1c(C2CC(=O)N2c2ccccc2)nc2ccccc2c1=O. The third kappa shape index (κ3) is 2.04. The molecule has 4 rings (SSSR count). The number of nitrogens with zero attached hydrogens (tertiary/aromatic N) is 3. The highest BCUT2D eigenvalue weighted by Crippen LogP contribution is 2.37. The second-order valence-corrected chi connectivity index (χ2v) is 5.67. The summed E-state index contributed by atoms with van der Waals surface area (Å²) in [5.74, 6) is 0.667. The van der Waals surface area contributed by atoms with Crippen molar-refractivity contribution in [1.82, 2.24) is 9.55 Å². The molecule has 5 nitrogen and oxygen atoms in total. The summed E-state index contributed by atoms with van der Waals surface area (Å²) in [6.45, 7) is 0. The van der Waals surface area contributed by atoms with Crippen LogP contribution in [0.2, 0.25) is 0 Å². The number of benzene rings is 2. The van der Waals surface area contributed by atoms with E-state index in [9.17, 15) is 9.59 Å². The Morgan fingerprint density at radius 1 is 1.00 bits per heavy atom. The van der Waals surface area contributed by atoms with E-state index in [0.29, 0.717) is 23.1 Å². The van der Waals surface area contributed by atoms with Crippen LogP contribution in [0.3, 0.4) is 0 Å². The molecule has 0 aliphatic carbocycles. The number of anilines is 1. The first-order chi connectivity index (χ1) is 11.2. The number of aromatic nitrogens is 2. The number of β-lactam (4-membered cyclic amide) rings is 1. The maximum absolute atomic E-state index is 12.5. The third-order valence-corrected chi connectivity index (χ3v) is 4.30. The lowest BCUT2D eigenvalue weighted by Crippen LogP contribution is -2.48. The first-order valence-electron chi connectivity index (χ1n) is 7.49. The molecular formula is C18H15N3O2. The molecule has 1 aliphatic heterocycles. The Balaban J connectivity index is 1.85. The zero-order valence-corrected chi connectivity index (χ0v) is 12.6. The molecule has 5 heteroatoms. The Morgan fingerprint density at radius 2 is 1.70 bits per heavy atom. The summed E-state index contributed by atoms with van der Waals surface area (Å²) >= 11 is 0. The molecule has 3 aromatic rings. The fraction of sp³-hybridized carbons (Fsp3) is 0.167. The molecule has 0 N–H and O–H groups in total. The third-order valence-electron chi connectivity index (χ3n) is 4.30. The van der Waals surface area contributed by atoms with Crippen LogP contribution in [0.1, 0.15) is 18.3 Å². The van der Waals surface area contributed by atoms with Crippen LogP contribution >= 0.6 is 0 Å². The van der Waals surface area contributed by atoms with Crippen molar-refractivity contribution in [2.45, 2.75) is 12.5 Å². The summed E-state index contributed by atoms with van der Waals surface area (Å²) in [5, 5.41) is 0.593. The van der Waals surface area contributed by atoms with Gasteiger partial charge in [-0.25, -0.2) is 4.98 Å². The number of fused-ring (bicyclic) bond motifs is 1. The van der Waals surface area contributed by atoms with Crippen LogP contribution in [0.25, 0.3) is 10.9 Å². The van der Waals surface area contributed by atoms with Crippen LogP contribution in [0.4, 0.5) is 5.69 Å². The summed E-state index contributed by atoms with van der Waals surface area (Å²) < 4.78 is 1.55. The first kappa shape index (κ1) is 13.7. The molecule has 2 aromatic carbocycles. The van der Waals surface area contributed by atoms with Crippen LogP contribution in [0.5, 0.6) is 0 Å². The average molecular weight is 305 g/mol. The van der Waals surface area contributed by atoms with Gasteiger partial charge in [0, 0.05) is 12.7 Å². The fourth-order valence-corrected chi connectivity index (χ4v) is 3.07. The van der Waals surface area contributed by atoms with Crippen molar-refractivity contribution in [2.24, 2.45) is 7.05 Å². The Hall–Kier alpha value is -2.95. The molecule has 1 aromatic heterocycles. The van der Waals surface area contributed by atoms with E-state index in [1.54, 1.807) is 22.6 Å².